The molecule has 0 aromatic carbocycles. The van der Waals surface area contributed by atoms with Crippen molar-refractivity contribution in [3.8, 4) is 0 Å². The average Bonchev–Trinajstić information content (AvgIpc) is 3.53. The van der Waals surface area contributed by atoms with Crippen molar-refractivity contribution in [3.63, 3.8) is 0 Å². The molecule has 5 saturated heterocycles. The van der Waals surface area contributed by atoms with Gasteiger partial charge in [0.2, 0.25) is 0 Å². The lowest BCUT2D eigenvalue weighted by Gasteiger charge is -2.42. The van der Waals surface area contributed by atoms with Crippen LogP contribution in [-0.2, 0) is 23.9 Å². The number of ether oxygens (including phenoxy) is 2. The topological polar surface area (TPSA) is 88.5 Å². The van der Waals surface area contributed by atoms with E-state index in [9.17, 15) is 14.7 Å². The highest BCUT2D eigenvalue weighted by molar-refractivity contribution is 5.88. The van der Waals surface area contributed by atoms with Gasteiger partial charge in [-0.25, -0.2) is 9.59 Å². The summed E-state index contributed by atoms with van der Waals surface area (Å²) in [5.74, 6) is -0.453. The molecule has 0 saturated carbocycles. The molecule has 8 aliphatic rings. The molecule has 9 atom stereocenters. The second-order valence-electron chi connectivity index (χ2n) is 10.7. The van der Waals surface area contributed by atoms with Crippen LogP contribution in [0.3, 0.4) is 0 Å². The summed E-state index contributed by atoms with van der Waals surface area (Å²) in [6.45, 7) is 1.02. The standard InChI is InChI=1S/C24H26N2O6/c27-13-4-3-12-8-19(28)30-23(12,10-13)18-6-5-15-21-14-9-20(29)31-24(14)11-16(22(21)32-26(15)18)25-7-1-2-17(24)25/h3-4,8-9,13,15-18,21-22,27H,1-2,5-7,10-11H2/t13-,15-,16-,17-,18?,21-,22-,23+,24+/m1/s1. The summed E-state index contributed by atoms with van der Waals surface area (Å²) in [5, 5.41) is 12.5. The van der Waals surface area contributed by atoms with Gasteiger partial charge >= 0.3 is 11.9 Å². The smallest absolute Gasteiger partial charge is 0.332 e. The molecule has 1 N–H and O–H groups in total. The van der Waals surface area contributed by atoms with Gasteiger partial charge in [0.1, 0.15) is 6.10 Å². The Labute approximate surface area is 185 Å². The molecule has 1 aliphatic carbocycles. The van der Waals surface area contributed by atoms with Crippen LogP contribution >= 0.6 is 0 Å². The highest BCUT2D eigenvalue weighted by atomic mass is 16.7. The van der Waals surface area contributed by atoms with Gasteiger partial charge in [0, 0.05) is 48.6 Å². The summed E-state index contributed by atoms with van der Waals surface area (Å²) in [7, 11) is 0. The Bertz CT molecular complexity index is 1050. The van der Waals surface area contributed by atoms with E-state index < -0.39 is 17.3 Å². The van der Waals surface area contributed by atoms with Gasteiger partial charge in [-0.3, -0.25) is 9.74 Å². The van der Waals surface area contributed by atoms with E-state index in [0.717, 1.165) is 49.8 Å². The highest BCUT2D eigenvalue weighted by Crippen LogP contribution is 2.62. The number of carbonyl (C=O) groups is 2. The van der Waals surface area contributed by atoms with Crippen molar-refractivity contribution < 1.29 is 29.0 Å². The molecule has 8 rings (SSSR count). The molecule has 32 heavy (non-hydrogen) atoms. The second-order valence-corrected chi connectivity index (χ2v) is 10.7. The van der Waals surface area contributed by atoms with E-state index in [1.807, 2.05) is 6.08 Å². The van der Waals surface area contributed by atoms with Crippen molar-refractivity contribution >= 4 is 11.9 Å². The molecular weight excluding hydrogens is 412 g/mol. The first kappa shape index (κ1) is 18.4. The lowest BCUT2D eigenvalue weighted by Crippen LogP contribution is -2.54. The number of aliphatic hydroxyl groups excluding tert-OH is 1. The zero-order valence-corrected chi connectivity index (χ0v) is 17.7. The molecule has 5 fully saturated rings. The highest BCUT2D eigenvalue weighted by Gasteiger charge is 2.73. The summed E-state index contributed by atoms with van der Waals surface area (Å²) < 4.78 is 12.0. The zero-order chi connectivity index (χ0) is 21.4. The summed E-state index contributed by atoms with van der Waals surface area (Å²) in [5.41, 5.74) is 0.597. The molecule has 168 valence electrons. The number of hydroxylamine groups is 2. The first-order valence-corrected chi connectivity index (χ1v) is 12.0. The van der Waals surface area contributed by atoms with Crippen LogP contribution in [0.1, 0.15) is 38.5 Å². The Morgan fingerprint density at radius 1 is 0.969 bits per heavy atom. The van der Waals surface area contributed by atoms with Crippen LogP contribution in [0, 0.1) is 5.92 Å². The van der Waals surface area contributed by atoms with E-state index in [2.05, 4.69) is 9.96 Å². The molecule has 1 unspecified atom stereocenters. The van der Waals surface area contributed by atoms with E-state index in [4.69, 9.17) is 14.3 Å². The first-order chi connectivity index (χ1) is 15.5. The van der Waals surface area contributed by atoms with Crippen LogP contribution in [-0.4, -0.2) is 81.1 Å². The molecule has 8 heteroatoms. The number of fused-ring (bicyclic) bond motifs is 6. The summed E-state index contributed by atoms with van der Waals surface area (Å²) >= 11 is 0. The zero-order valence-electron chi connectivity index (χ0n) is 17.7. The Morgan fingerprint density at radius 3 is 2.72 bits per heavy atom. The fraction of sp³-hybridized carbons (Fsp3) is 0.667. The Kier molecular flexibility index (Phi) is 3.30. The van der Waals surface area contributed by atoms with E-state index in [-0.39, 0.29) is 48.1 Å². The molecule has 8 nitrogen and oxygen atoms in total. The predicted octanol–water partition coefficient (Wildman–Crippen LogP) is 0.764. The lowest BCUT2D eigenvalue weighted by molar-refractivity contribution is -0.221. The van der Waals surface area contributed by atoms with E-state index in [1.165, 1.54) is 0 Å². The van der Waals surface area contributed by atoms with Gasteiger partial charge in [-0.2, -0.15) is 5.06 Å². The maximum atomic E-state index is 12.5. The van der Waals surface area contributed by atoms with Gasteiger partial charge in [0.15, 0.2) is 11.2 Å². The van der Waals surface area contributed by atoms with Crippen molar-refractivity contribution in [2.75, 3.05) is 6.54 Å². The van der Waals surface area contributed by atoms with Crippen molar-refractivity contribution in [1.29, 1.82) is 0 Å². The van der Waals surface area contributed by atoms with Crippen LogP contribution < -0.4 is 0 Å². The van der Waals surface area contributed by atoms with Gasteiger partial charge in [-0.05, 0) is 37.8 Å². The number of rotatable bonds is 1. The fourth-order valence-corrected chi connectivity index (χ4v) is 8.59. The van der Waals surface area contributed by atoms with Gasteiger partial charge < -0.3 is 14.6 Å². The fourth-order valence-electron chi connectivity index (χ4n) is 8.59. The van der Waals surface area contributed by atoms with Crippen molar-refractivity contribution in [2.45, 2.75) is 86.1 Å². The van der Waals surface area contributed by atoms with Crippen LogP contribution in [0.2, 0.25) is 0 Å². The van der Waals surface area contributed by atoms with Crippen molar-refractivity contribution in [3.05, 3.63) is 35.5 Å². The van der Waals surface area contributed by atoms with Gasteiger partial charge in [0.05, 0.1) is 18.2 Å². The Hall–Kier alpha value is -2.00. The second kappa shape index (κ2) is 5.73. The van der Waals surface area contributed by atoms with Crippen molar-refractivity contribution in [2.24, 2.45) is 5.92 Å². The molecule has 0 radical (unpaired) electrons. The third-order valence-corrected chi connectivity index (χ3v) is 9.53. The first-order valence-electron chi connectivity index (χ1n) is 12.0. The van der Waals surface area contributed by atoms with Crippen LogP contribution in [0.4, 0.5) is 0 Å². The Morgan fingerprint density at radius 2 is 1.81 bits per heavy atom. The van der Waals surface area contributed by atoms with Crippen molar-refractivity contribution in [1.82, 2.24) is 9.96 Å². The van der Waals surface area contributed by atoms with Crippen LogP contribution in [0.5, 0.6) is 0 Å². The molecule has 1 spiro atoms. The molecule has 0 amide bonds. The van der Waals surface area contributed by atoms with Crippen LogP contribution in [0.25, 0.3) is 0 Å². The summed E-state index contributed by atoms with van der Waals surface area (Å²) in [6, 6.07) is 0.466. The summed E-state index contributed by atoms with van der Waals surface area (Å²) in [4.78, 5) is 34.1. The predicted molar refractivity (Wildman–Crippen MR) is 109 cm³/mol. The molecule has 0 aromatic rings. The quantitative estimate of drug-likeness (QED) is 0.601. The largest absolute Gasteiger partial charge is 0.450 e. The monoisotopic (exact) mass is 438 g/mol. The number of hydrogen-bond donors (Lipinski definition) is 1. The molecular formula is C24H26N2O6. The third-order valence-electron chi connectivity index (χ3n) is 9.53. The SMILES string of the molecule is O=C1C=C2C=C[C@@H](O)C[C@]2(C2CC[C@@H]3[C@H]4C5=CC(=O)O[C@@]56C[C@H]([C@H]4ON23)N2CCC[C@@H]26)O1. The number of esters is 2. The molecule has 0 aromatic heterocycles. The number of aliphatic hydroxyl groups is 1. The average molecular weight is 438 g/mol. The Balaban J connectivity index is 1.20. The number of hydrogen-bond acceptors (Lipinski definition) is 8. The number of carbonyl (C=O) groups excluding carboxylic acids is 2. The molecule has 2 bridgehead atoms. The van der Waals surface area contributed by atoms with Gasteiger partial charge in [-0.15, -0.1) is 0 Å². The maximum Gasteiger partial charge on any atom is 0.332 e. The van der Waals surface area contributed by atoms with E-state index in [0.29, 0.717) is 6.42 Å². The number of nitrogens with zero attached hydrogens (tertiary/aromatic N) is 2. The summed E-state index contributed by atoms with van der Waals surface area (Å²) in [6.07, 6.45) is 11.2. The maximum absolute atomic E-state index is 12.5. The van der Waals surface area contributed by atoms with Crippen LogP contribution in [0.15, 0.2) is 35.5 Å². The minimum Gasteiger partial charge on any atom is -0.450 e. The minimum atomic E-state index is -0.878. The minimum absolute atomic E-state index is 0.0234. The van der Waals surface area contributed by atoms with E-state index >= 15 is 0 Å². The van der Waals surface area contributed by atoms with Gasteiger partial charge in [-0.1, -0.05) is 12.2 Å². The normalized spacial score (nSPS) is 52.7. The third kappa shape index (κ3) is 1.96. The molecule has 7 aliphatic heterocycles. The lowest BCUT2D eigenvalue weighted by atomic mass is 9.68. The molecule has 7 heterocycles. The van der Waals surface area contributed by atoms with E-state index in [1.54, 1.807) is 18.2 Å². The van der Waals surface area contributed by atoms with Gasteiger partial charge in [0.25, 0.3) is 0 Å².